The van der Waals surface area contributed by atoms with Crippen molar-refractivity contribution in [2.75, 3.05) is 11.9 Å². The first-order valence-electron chi connectivity index (χ1n) is 8.50. The van der Waals surface area contributed by atoms with Gasteiger partial charge in [-0.05, 0) is 30.9 Å². The predicted molar refractivity (Wildman–Crippen MR) is 89.6 cm³/mol. The summed E-state index contributed by atoms with van der Waals surface area (Å²) < 4.78 is 45.5. The molecule has 1 atom stereocenters. The van der Waals surface area contributed by atoms with Crippen LogP contribution >= 0.6 is 0 Å². The van der Waals surface area contributed by atoms with E-state index in [9.17, 15) is 18.0 Å². The van der Waals surface area contributed by atoms with Crippen molar-refractivity contribution in [1.82, 2.24) is 9.78 Å². The number of carbonyl (C=O) groups excluding carboxylic acids is 1. The molecule has 5 nitrogen and oxygen atoms in total. The Morgan fingerprint density at radius 1 is 1.35 bits per heavy atom. The molecule has 1 fully saturated rings. The minimum absolute atomic E-state index is 0.123. The van der Waals surface area contributed by atoms with Crippen LogP contribution in [0.15, 0.2) is 36.7 Å². The molecule has 1 aliphatic heterocycles. The number of halogens is 3. The molecule has 0 unspecified atom stereocenters. The average Bonchev–Trinajstić information content (AvgIpc) is 3.02. The van der Waals surface area contributed by atoms with Gasteiger partial charge in [-0.25, -0.2) is 0 Å². The maximum Gasteiger partial charge on any atom is 0.416 e. The lowest BCUT2D eigenvalue weighted by Crippen LogP contribution is -2.24. The number of rotatable bonds is 5. The summed E-state index contributed by atoms with van der Waals surface area (Å²) in [5.74, 6) is -0.391. The van der Waals surface area contributed by atoms with E-state index in [1.165, 1.54) is 18.3 Å². The second-order valence-electron chi connectivity index (χ2n) is 6.36. The summed E-state index contributed by atoms with van der Waals surface area (Å²) in [4.78, 5) is 12.1. The van der Waals surface area contributed by atoms with Gasteiger partial charge in [0.25, 0.3) is 0 Å². The Labute approximate surface area is 149 Å². The van der Waals surface area contributed by atoms with Crippen LogP contribution in [0.3, 0.4) is 0 Å². The van der Waals surface area contributed by atoms with E-state index in [4.69, 9.17) is 4.74 Å². The molecule has 140 valence electrons. The third-order valence-corrected chi connectivity index (χ3v) is 4.20. The Hall–Kier alpha value is -2.35. The highest BCUT2D eigenvalue weighted by Crippen LogP contribution is 2.29. The van der Waals surface area contributed by atoms with Crippen molar-refractivity contribution < 1.29 is 22.7 Å². The van der Waals surface area contributed by atoms with Gasteiger partial charge in [-0.15, -0.1) is 0 Å². The van der Waals surface area contributed by atoms with Crippen LogP contribution in [-0.2, 0) is 28.7 Å². The van der Waals surface area contributed by atoms with E-state index in [1.54, 1.807) is 10.9 Å². The van der Waals surface area contributed by atoms with E-state index in [-0.39, 0.29) is 12.5 Å². The van der Waals surface area contributed by atoms with E-state index in [0.717, 1.165) is 38.0 Å². The molecular formula is C18H20F3N3O2. The van der Waals surface area contributed by atoms with E-state index in [2.05, 4.69) is 10.4 Å². The number of hydrogen-bond acceptors (Lipinski definition) is 3. The molecule has 1 aromatic heterocycles. The molecule has 0 bridgehead atoms. The number of ether oxygens (including phenoxy) is 1. The second-order valence-corrected chi connectivity index (χ2v) is 6.36. The summed E-state index contributed by atoms with van der Waals surface area (Å²) in [5.41, 5.74) is 0.0567. The summed E-state index contributed by atoms with van der Waals surface area (Å²) in [5, 5.41) is 6.85. The molecule has 26 heavy (non-hydrogen) atoms. The zero-order valence-corrected chi connectivity index (χ0v) is 14.1. The minimum atomic E-state index is -4.42. The van der Waals surface area contributed by atoms with Crippen LogP contribution in [0, 0.1) is 0 Å². The van der Waals surface area contributed by atoms with Crippen LogP contribution in [0.5, 0.6) is 0 Å². The van der Waals surface area contributed by atoms with Gasteiger partial charge in [0.1, 0.15) is 0 Å². The van der Waals surface area contributed by atoms with E-state index < -0.39 is 17.6 Å². The first-order chi connectivity index (χ1) is 12.4. The minimum Gasteiger partial charge on any atom is -0.376 e. The molecule has 0 spiro atoms. The smallest absolute Gasteiger partial charge is 0.376 e. The number of anilines is 1. The van der Waals surface area contributed by atoms with Crippen molar-refractivity contribution in [1.29, 1.82) is 0 Å². The third-order valence-electron chi connectivity index (χ3n) is 4.20. The molecule has 0 aliphatic carbocycles. The van der Waals surface area contributed by atoms with Gasteiger partial charge in [-0.3, -0.25) is 9.48 Å². The van der Waals surface area contributed by atoms with Crippen molar-refractivity contribution >= 4 is 11.6 Å². The number of nitrogens with zero attached hydrogens (tertiary/aromatic N) is 2. The molecule has 0 saturated carbocycles. The lowest BCUT2D eigenvalue weighted by Gasteiger charge is -2.22. The van der Waals surface area contributed by atoms with Crippen LogP contribution in [0.4, 0.5) is 18.9 Å². The number of benzene rings is 1. The van der Waals surface area contributed by atoms with Crippen LogP contribution in [-0.4, -0.2) is 28.4 Å². The number of nitrogens with one attached hydrogen (secondary N) is 1. The molecule has 2 aromatic rings. The van der Waals surface area contributed by atoms with Gasteiger partial charge in [0.05, 0.1) is 36.5 Å². The summed E-state index contributed by atoms with van der Waals surface area (Å²) in [6, 6.07) is 4.77. The Kier molecular flexibility index (Phi) is 5.61. The fraction of sp³-hybridized carbons (Fsp3) is 0.444. The predicted octanol–water partition coefficient (Wildman–Crippen LogP) is 3.65. The molecule has 0 radical (unpaired) electrons. The van der Waals surface area contributed by atoms with Crippen LogP contribution in [0.1, 0.15) is 30.4 Å². The Morgan fingerprint density at radius 2 is 2.19 bits per heavy atom. The maximum atomic E-state index is 12.7. The number of amides is 1. The van der Waals surface area contributed by atoms with Crippen molar-refractivity contribution in [3.63, 3.8) is 0 Å². The van der Waals surface area contributed by atoms with Crippen LogP contribution in [0.2, 0.25) is 0 Å². The first kappa shape index (κ1) is 18.4. The topological polar surface area (TPSA) is 56.2 Å². The summed E-state index contributed by atoms with van der Waals surface area (Å²) in [7, 11) is 0. The summed E-state index contributed by atoms with van der Waals surface area (Å²) in [6.07, 6.45) is 1.97. The molecule has 1 N–H and O–H groups in total. The SMILES string of the molecule is O=C(Cc1cccc(C(F)(F)F)c1)Nc1cnn(C[C@H]2CCCCO2)c1. The van der Waals surface area contributed by atoms with Gasteiger partial charge >= 0.3 is 6.18 Å². The zero-order valence-electron chi connectivity index (χ0n) is 14.1. The molecule has 8 heteroatoms. The van der Waals surface area contributed by atoms with Crippen molar-refractivity contribution in [3.8, 4) is 0 Å². The quantitative estimate of drug-likeness (QED) is 0.878. The van der Waals surface area contributed by atoms with Crippen molar-refractivity contribution in [2.24, 2.45) is 0 Å². The lowest BCUT2D eigenvalue weighted by molar-refractivity contribution is -0.137. The van der Waals surface area contributed by atoms with Crippen LogP contribution < -0.4 is 5.32 Å². The molecule has 2 heterocycles. The Balaban J connectivity index is 1.55. The third kappa shape index (κ3) is 5.08. The highest BCUT2D eigenvalue weighted by Gasteiger charge is 2.30. The standard InChI is InChI=1S/C18H20F3N3O2/c19-18(20,21)14-5-3-4-13(8-14)9-17(25)23-15-10-22-24(11-15)12-16-6-1-2-7-26-16/h3-5,8,10-11,16H,1-2,6-7,9,12H2,(H,23,25)/t16-/m1/s1. The van der Waals surface area contributed by atoms with Gasteiger partial charge in [-0.1, -0.05) is 18.2 Å². The van der Waals surface area contributed by atoms with Gasteiger partial charge in [0, 0.05) is 12.8 Å². The first-order valence-corrected chi connectivity index (χ1v) is 8.50. The average molecular weight is 367 g/mol. The van der Waals surface area contributed by atoms with Crippen molar-refractivity contribution in [3.05, 3.63) is 47.8 Å². The molecule has 1 amide bonds. The monoisotopic (exact) mass is 367 g/mol. The van der Waals surface area contributed by atoms with Crippen LogP contribution in [0.25, 0.3) is 0 Å². The fourth-order valence-electron chi connectivity index (χ4n) is 2.94. The highest BCUT2D eigenvalue weighted by atomic mass is 19.4. The molecule has 3 rings (SSSR count). The number of carbonyl (C=O) groups is 1. The highest BCUT2D eigenvalue weighted by molar-refractivity contribution is 5.92. The van der Waals surface area contributed by atoms with Gasteiger partial charge in [-0.2, -0.15) is 18.3 Å². The number of hydrogen-bond donors (Lipinski definition) is 1. The summed E-state index contributed by atoms with van der Waals surface area (Å²) in [6.45, 7) is 1.37. The normalized spacial score (nSPS) is 17.9. The van der Waals surface area contributed by atoms with E-state index >= 15 is 0 Å². The van der Waals surface area contributed by atoms with Crippen molar-refractivity contribution in [2.45, 2.75) is 44.5 Å². The molecule has 1 aromatic carbocycles. The number of aromatic nitrogens is 2. The summed E-state index contributed by atoms with van der Waals surface area (Å²) >= 11 is 0. The number of alkyl halides is 3. The van der Waals surface area contributed by atoms with Gasteiger partial charge < -0.3 is 10.1 Å². The van der Waals surface area contributed by atoms with E-state index in [0.29, 0.717) is 17.8 Å². The fourth-order valence-corrected chi connectivity index (χ4v) is 2.94. The van der Waals surface area contributed by atoms with E-state index in [1.807, 2.05) is 0 Å². The Morgan fingerprint density at radius 3 is 2.92 bits per heavy atom. The lowest BCUT2D eigenvalue weighted by atomic mass is 10.1. The van der Waals surface area contributed by atoms with Gasteiger partial charge in [0.15, 0.2) is 0 Å². The molecular weight excluding hydrogens is 347 g/mol. The largest absolute Gasteiger partial charge is 0.416 e. The molecule has 1 saturated heterocycles. The molecule has 1 aliphatic rings. The zero-order chi connectivity index (χ0) is 18.6. The van der Waals surface area contributed by atoms with Gasteiger partial charge in [0.2, 0.25) is 5.91 Å². The maximum absolute atomic E-state index is 12.7. The Bertz CT molecular complexity index is 752. The second kappa shape index (κ2) is 7.90.